The van der Waals surface area contributed by atoms with E-state index < -0.39 is 5.97 Å². The minimum atomic E-state index is -1.06. The zero-order valence-corrected chi connectivity index (χ0v) is 17.3. The molecule has 0 amide bonds. The minimum absolute atomic E-state index is 0.0626. The van der Waals surface area contributed by atoms with Gasteiger partial charge in [0.1, 0.15) is 11.3 Å². The second-order valence-electron chi connectivity index (χ2n) is 7.25. The van der Waals surface area contributed by atoms with E-state index in [-0.39, 0.29) is 5.56 Å². The normalized spacial score (nSPS) is 14.0. The topological polar surface area (TPSA) is 115 Å². The number of nitrogens with zero attached hydrogens (tertiary/aromatic N) is 6. The van der Waals surface area contributed by atoms with E-state index in [4.69, 9.17) is 14.5 Å². The highest BCUT2D eigenvalue weighted by Gasteiger charge is 2.20. The van der Waals surface area contributed by atoms with E-state index in [1.807, 2.05) is 30.5 Å². The summed E-state index contributed by atoms with van der Waals surface area (Å²) in [6, 6.07) is 9.18. The van der Waals surface area contributed by atoms with Gasteiger partial charge in [0.05, 0.1) is 37.6 Å². The quantitative estimate of drug-likeness (QED) is 0.507. The third kappa shape index (κ3) is 3.71. The Kier molecular flexibility index (Phi) is 5.12. The van der Waals surface area contributed by atoms with Crippen LogP contribution in [0.25, 0.3) is 28.1 Å². The molecule has 1 N–H and O–H groups in total. The van der Waals surface area contributed by atoms with E-state index >= 15 is 0 Å². The lowest BCUT2D eigenvalue weighted by molar-refractivity contribution is 0.0696. The van der Waals surface area contributed by atoms with Crippen molar-refractivity contribution in [3.63, 3.8) is 0 Å². The zero-order valence-electron chi connectivity index (χ0n) is 17.3. The molecule has 1 saturated heterocycles. The smallest absolute Gasteiger partial charge is 0.337 e. The Morgan fingerprint density at radius 3 is 2.75 bits per heavy atom. The van der Waals surface area contributed by atoms with Crippen molar-refractivity contribution in [1.82, 2.24) is 24.7 Å². The lowest BCUT2D eigenvalue weighted by Gasteiger charge is -2.28. The monoisotopic (exact) mass is 432 g/mol. The maximum absolute atomic E-state index is 11.5. The zero-order chi connectivity index (χ0) is 22.1. The van der Waals surface area contributed by atoms with E-state index in [1.165, 1.54) is 12.3 Å². The van der Waals surface area contributed by atoms with Gasteiger partial charge in [0.15, 0.2) is 5.82 Å². The lowest BCUT2D eigenvalue weighted by atomic mass is 10.1. The molecule has 4 aromatic rings. The molecule has 1 aliphatic rings. The fraction of sp³-hybridized carbons (Fsp3) is 0.227. The Morgan fingerprint density at radius 1 is 1.12 bits per heavy atom. The van der Waals surface area contributed by atoms with Crippen LogP contribution in [-0.2, 0) is 4.74 Å². The van der Waals surface area contributed by atoms with Crippen molar-refractivity contribution in [3.8, 4) is 22.8 Å². The number of carbonyl (C=O) groups is 1. The fourth-order valence-electron chi connectivity index (χ4n) is 3.59. The van der Waals surface area contributed by atoms with E-state index in [9.17, 15) is 9.90 Å². The van der Waals surface area contributed by atoms with Gasteiger partial charge in [-0.15, -0.1) is 0 Å². The van der Waals surface area contributed by atoms with Crippen LogP contribution in [0.4, 0.5) is 5.82 Å². The molecule has 0 atom stereocenters. The van der Waals surface area contributed by atoms with Gasteiger partial charge in [-0.05, 0) is 23.8 Å². The standard InChI is InChI=1S/C22H20N6O4/c1-31-17-4-2-3-14(9-17)16-12-24-28(13-16)22-25-18-10-15(21(29)30)11-23-19(18)20(26-22)27-5-7-32-8-6-27/h2-4,9-13H,5-8H2,1H3,(H,29,30). The Labute approximate surface area is 183 Å². The minimum Gasteiger partial charge on any atom is -0.497 e. The van der Waals surface area contributed by atoms with Gasteiger partial charge >= 0.3 is 5.97 Å². The molecule has 1 fully saturated rings. The Balaban J connectivity index is 1.61. The molecular weight excluding hydrogens is 412 g/mol. The summed E-state index contributed by atoms with van der Waals surface area (Å²) in [6.45, 7) is 2.47. The van der Waals surface area contributed by atoms with Crippen molar-refractivity contribution in [2.75, 3.05) is 38.3 Å². The summed E-state index contributed by atoms with van der Waals surface area (Å²) in [4.78, 5) is 27.2. The summed E-state index contributed by atoms with van der Waals surface area (Å²) in [5.74, 6) is 0.645. The van der Waals surface area contributed by atoms with Gasteiger partial charge < -0.3 is 19.5 Å². The van der Waals surface area contributed by atoms with Crippen molar-refractivity contribution in [2.24, 2.45) is 0 Å². The van der Waals surface area contributed by atoms with Crippen LogP contribution in [0.1, 0.15) is 10.4 Å². The molecule has 1 aliphatic heterocycles. The van der Waals surface area contributed by atoms with Gasteiger partial charge in [-0.25, -0.2) is 19.4 Å². The SMILES string of the molecule is COc1cccc(-c2cnn(-c3nc(N4CCOCC4)c4ncc(C(=O)O)cc4n3)c2)c1. The maximum Gasteiger partial charge on any atom is 0.337 e. The largest absolute Gasteiger partial charge is 0.497 e. The maximum atomic E-state index is 11.5. The van der Waals surface area contributed by atoms with Crippen LogP contribution in [0.3, 0.4) is 0 Å². The van der Waals surface area contributed by atoms with Crippen LogP contribution in [0.15, 0.2) is 48.9 Å². The molecule has 10 nitrogen and oxygen atoms in total. The van der Waals surface area contributed by atoms with Crippen molar-refractivity contribution in [3.05, 3.63) is 54.5 Å². The molecule has 0 saturated carbocycles. The molecule has 0 unspecified atom stereocenters. The number of hydrogen-bond acceptors (Lipinski definition) is 8. The summed E-state index contributed by atoms with van der Waals surface area (Å²) in [5, 5.41) is 13.8. The van der Waals surface area contributed by atoms with Gasteiger partial charge in [0, 0.05) is 31.0 Å². The van der Waals surface area contributed by atoms with Crippen LogP contribution in [-0.4, -0.2) is 69.2 Å². The first-order valence-electron chi connectivity index (χ1n) is 10.1. The van der Waals surface area contributed by atoms with Gasteiger partial charge in [0.25, 0.3) is 5.95 Å². The number of carboxylic acid groups (broad SMARTS) is 1. The van der Waals surface area contributed by atoms with Gasteiger partial charge in [-0.1, -0.05) is 12.1 Å². The molecule has 10 heteroatoms. The Hall–Kier alpha value is -4.05. The molecule has 1 aromatic carbocycles. The molecule has 5 rings (SSSR count). The number of rotatable bonds is 5. The summed E-state index contributed by atoms with van der Waals surface area (Å²) < 4.78 is 12.3. The van der Waals surface area contributed by atoms with Crippen LogP contribution >= 0.6 is 0 Å². The predicted octanol–water partition coefficient (Wildman–Crippen LogP) is 2.42. The number of aromatic nitrogens is 5. The van der Waals surface area contributed by atoms with Gasteiger partial charge in [-0.2, -0.15) is 10.1 Å². The number of fused-ring (bicyclic) bond motifs is 1. The number of pyridine rings is 1. The molecule has 32 heavy (non-hydrogen) atoms. The number of carboxylic acids is 1. The highest BCUT2D eigenvalue weighted by molar-refractivity contribution is 5.94. The fourth-order valence-corrected chi connectivity index (χ4v) is 3.59. The van der Waals surface area contributed by atoms with E-state index in [0.29, 0.717) is 49.1 Å². The highest BCUT2D eigenvalue weighted by Crippen LogP contribution is 2.27. The summed E-state index contributed by atoms with van der Waals surface area (Å²) >= 11 is 0. The number of hydrogen-bond donors (Lipinski definition) is 1. The summed E-state index contributed by atoms with van der Waals surface area (Å²) in [5.41, 5.74) is 2.86. The molecular formula is C22H20N6O4. The number of benzene rings is 1. The first kappa shape index (κ1) is 19.9. The number of anilines is 1. The first-order chi connectivity index (χ1) is 15.6. The van der Waals surface area contributed by atoms with E-state index in [0.717, 1.165) is 16.9 Å². The molecule has 0 radical (unpaired) electrons. The molecule has 0 spiro atoms. The second kappa shape index (κ2) is 8.23. The van der Waals surface area contributed by atoms with Gasteiger partial charge in [-0.3, -0.25) is 0 Å². The molecule has 162 valence electrons. The Bertz CT molecular complexity index is 1300. The van der Waals surface area contributed by atoms with Crippen molar-refractivity contribution < 1.29 is 19.4 Å². The van der Waals surface area contributed by atoms with Crippen LogP contribution in [0.2, 0.25) is 0 Å². The van der Waals surface area contributed by atoms with Crippen LogP contribution in [0, 0.1) is 0 Å². The average molecular weight is 432 g/mol. The first-order valence-corrected chi connectivity index (χ1v) is 10.1. The summed E-state index contributed by atoms with van der Waals surface area (Å²) in [7, 11) is 1.62. The van der Waals surface area contributed by atoms with Crippen LogP contribution < -0.4 is 9.64 Å². The van der Waals surface area contributed by atoms with Crippen molar-refractivity contribution in [2.45, 2.75) is 0 Å². The van der Waals surface area contributed by atoms with E-state index in [1.54, 1.807) is 18.0 Å². The third-order valence-electron chi connectivity index (χ3n) is 5.25. The summed E-state index contributed by atoms with van der Waals surface area (Å²) in [6.07, 6.45) is 4.88. The number of morpholine rings is 1. The van der Waals surface area contributed by atoms with Crippen LogP contribution in [0.5, 0.6) is 5.75 Å². The van der Waals surface area contributed by atoms with Crippen molar-refractivity contribution >= 4 is 22.8 Å². The van der Waals surface area contributed by atoms with Gasteiger partial charge in [0.2, 0.25) is 0 Å². The molecule has 0 bridgehead atoms. The highest BCUT2D eigenvalue weighted by atomic mass is 16.5. The lowest BCUT2D eigenvalue weighted by Crippen LogP contribution is -2.37. The Morgan fingerprint density at radius 2 is 1.97 bits per heavy atom. The van der Waals surface area contributed by atoms with E-state index in [2.05, 4.69) is 20.0 Å². The van der Waals surface area contributed by atoms with Crippen molar-refractivity contribution in [1.29, 1.82) is 0 Å². The second-order valence-corrected chi connectivity index (χ2v) is 7.25. The third-order valence-corrected chi connectivity index (χ3v) is 5.25. The number of aromatic carboxylic acids is 1. The predicted molar refractivity (Wildman–Crippen MR) is 116 cm³/mol. The molecule has 3 aromatic heterocycles. The average Bonchev–Trinajstić information content (AvgIpc) is 3.34. The molecule has 0 aliphatic carbocycles. The number of methoxy groups -OCH3 is 1. The number of ether oxygens (including phenoxy) is 2. The molecule has 4 heterocycles.